The first-order valence-electron chi connectivity index (χ1n) is 6.14. The average Bonchev–Trinajstić information content (AvgIpc) is 2.43. The van der Waals surface area contributed by atoms with Gasteiger partial charge in [0.05, 0.1) is 24.1 Å². The number of hydrogen-bond acceptors (Lipinski definition) is 3. The zero-order valence-corrected chi connectivity index (χ0v) is 12.8. The summed E-state index contributed by atoms with van der Waals surface area (Å²) < 4.78 is 0. The van der Waals surface area contributed by atoms with Gasteiger partial charge in [-0.15, -0.1) is 0 Å². The Bertz CT molecular complexity index is 613. The number of thiocarbonyl (C=S) groups is 1. The predicted molar refractivity (Wildman–Crippen MR) is 86.0 cm³/mol. The molecule has 0 aliphatic heterocycles. The van der Waals surface area contributed by atoms with E-state index >= 15 is 0 Å². The Morgan fingerprint density at radius 3 is 2.75 bits per heavy atom. The molecule has 104 valence electrons. The van der Waals surface area contributed by atoms with E-state index in [2.05, 4.69) is 20.6 Å². The molecule has 0 atom stereocenters. The van der Waals surface area contributed by atoms with E-state index in [9.17, 15) is 0 Å². The SMILES string of the molecule is Cc1cnc(CNC(=S)Nc2cccc(Cl)c2C)cn1. The fraction of sp³-hybridized carbons (Fsp3) is 0.214. The smallest absolute Gasteiger partial charge is 0.171 e. The molecule has 4 nitrogen and oxygen atoms in total. The first-order valence-corrected chi connectivity index (χ1v) is 6.92. The summed E-state index contributed by atoms with van der Waals surface area (Å²) in [6.45, 7) is 4.37. The maximum Gasteiger partial charge on any atom is 0.171 e. The Kier molecular flexibility index (Phi) is 4.87. The maximum atomic E-state index is 6.06. The molecule has 0 fully saturated rings. The van der Waals surface area contributed by atoms with Gasteiger partial charge >= 0.3 is 0 Å². The lowest BCUT2D eigenvalue weighted by Crippen LogP contribution is -2.28. The number of aromatic nitrogens is 2. The quantitative estimate of drug-likeness (QED) is 0.853. The molecular formula is C14H15ClN4S. The zero-order valence-electron chi connectivity index (χ0n) is 11.3. The van der Waals surface area contributed by atoms with Gasteiger partial charge < -0.3 is 10.6 Å². The summed E-state index contributed by atoms with van der Waals surface area (Å²) in [4.78, 5) is 8.44. The first kappa shape index (κ1) is 14.7. The van der Waals surface area contributed by atoms with Crippen molar-refractivity contribution in [3.63, 3.8) is 0 Å². The van der Waals surface area contributed by atoms with E-state index in [0.717, 1.165) is 22.6 Å². The van der Waals surface area contributed by atoms with Crippen molar-refractivity contribution in [2.45, 2.75) is 20.4 Å². The number of nitrogens with zero attached hydrogens (tertiary/aromatic N) is 2. The van der Waals surface area contributed by atoms with Gasteiger partial charge in [0.1, 0.15) is 0 Å². The van der Waals surface area contributed by atoms with Crippen LogP contribution in [0.5, 0.6) is 0 Å². The Morgan fingerprint density at radius 2 is 2.05 bits per heavy atom. The molecule has 2 aromatic rings. The number of benzene rings is 1. The summed E-state index contributed by atoms with van der Waals surface area (Å²) >= 11 is 11.3. The fourth-order valence-electron chi connectivity index (χ4n) is 1.59. The lowest BCUT2D eigenvalue weighted by molar-refractivity contribution is 0.862. The van der Waals surface area contributed by atoms with Gasteiger partial charge in [0.2, 0.25) is 0 Å². The highest BCUT2D eigenvalue weighted by Gasteiger charge is 2.04. The van der Waals surface area contributed by atoms with Gasteiger partial charge in [-0.1, -0.05) is 17.7 Å². The highest BCUT2D eigenvalue weighted by atomic mass is 35.5. The Balaban J connectivity index is 1.92. The van der Waals surface area contributed by atoms with Crippen LogP contribution in [0.2, 0.25) is 5.02 Å². The Hall–Kier alpha value is -1.72. The van der Waals surface area contributed by atoms with Crippen molar-refractivity contribution in [2.75, 3.05) is 5.32 Å². The van der Waals surface area contributed by atoms with Crippen molar-refractivity contribution in [3.05, 3.63) is 52.6 Å². The minimum absolute atomic E-state index is 0.526. The van der Waals surface area contributed by atoms with Crippen LogP contribution in [-0.4, -0.2) is 15.1 Å². The number of halogens is 1. The van der Waals surface area contributed by atoms with Crippen molar-refractivity contribution in [1.82, 2.24) is 15.3 Å². The standard InChI is InChI=1S/C14H15ClN4S/c1-9-6-17-11(7-16-9)8-18-14(20)19-13-5-3-4-12(15)10(13)2/h3-7H,8H2,1-2H3,(H2,18,19,20). The molecule has 0 spiro atoms. The van der Waals surface area contributed by atoms with Crippen molar-refractivity contribution < 1.29 is 0 Å². The summed E-state index contributed by atoms with van der Waals surface area (Å²) in [6.07, 6.45) is 3.46. The molecular weight excluding hydrogens is 292 g/mol. The van der Waals surface area contributed by atoms with Crippen LogP contribution in [0.25, 0.3) is 0 Å². The fourth-order valence-corrected chi connectivity index (χ4v) is 1.95. The van der Waals surface area contributed by atoms with Gasteiger partial charge in [0.25, 0.3) is 0 Å². The Labute approximate surface area is 128 Å². The summed E-state index contributed by atoms with van der Waals surface area (Å²) in [7, 11) is 0. The van der Waals surface area contributed by atoms with E-state index in [1.54, 1.807) is 12.4 Å². The largest absolute Gasteiger partial charge is 0.357 e. The molecule has 0 radical (unpaired) electrons. The molecule has 2 rings (SSSR count). The highest BCUT2D eigenvalue weighted by molar-refractivity contribution is 7.80. The van der Waals surface area contributed by atoms with Crippen LogP contribution < -0.4 is 10.6 Å². The second-order valence-electron chi connectivity index (χ2n) is 4.37. The summed E-state index contributed by atoms with van der Waals surface area (Å²) in [5.74, 6) is 0. The molecule has 1 aromatic heterocycles. The Morgan fingerprint density at radius 1 is 1.25 bits per heavy atom. The summed E-state index contributed by atoms with van der Waals surface area (Å²) in [5.41, 5.74) is 3.59. The second kappa shape index (κ2) is 6.63. The van der Waals surface area contributed by atoms with Gasteiger partial charge in [0, 0.05) is 16.9 Å². The van der Waals surface area contributed by atoms with Crippen LogP contribution in [-0.2, 0) is 6.54 Å². The summed E-state index contributed by atoms with van der Waals surface area (Å²) in [5, 5.41) is 7.44. The molecule has 6 heteroatoms. The number of anilines is 1. The van der Waals surface area contributed by atoms with E-state index in [-0.39, 0.29) is 0 Å². The molecule has 2 N–H and O–H groups in total. The second-order valence-corrected chi connectivity index (χ2v) is 5.18. The predicted octanol–water partition coefficient (Wildman–Crippen LogP) is 3.23. The average molecular weight is 307 g/mol. The molecule has 0 unspecified atom stereocenters. The number of nitrogens with one attached hydrogen (secondary N) is 2. The summed E-state index contributed by atoms with van der Waals surface area (Å²) in [6, 6.07) is 5.66. The van der Waals surface area contributed by atoms with Gasteiger partial charge in [-0.25, -0.2) is 0 Å². The molecule has 1 heterocycles. The van der Waals surface area contributed by atoms with Crippen molar-refractivity contribution in [2.24, 2.45) is 0 Å². The minimum Gasteiger partial charge on any atom is -0.357 e. The van der Waals surface area contributed by atoms with E-state index < -0.39 is 0 Å². The molecule has 0 aliphatic carbocycles. The number of hydrogen-bond donors (Lipinski definition) is 2. The third kappa shape index (κ3) is 3.88. The number of aryl methyl sites for hydroxylation is 1. The van der Waals surface area contributed by atoms with Gasteiger partial charge in [0.15, 0.2) is 5.11 Å². The normalized spacial score (nSPS) is 10.2. The van der Waals surface area contributed by atoms with Crippen molar-refractivity contribution in [1.29, 1.82) is 0 Å². The highest BCUT2D eigenvalue weighted by Crippen LogP contribution is 2.22. The molecule has 20 heavy (non-hydrogen) atoms. The van der Waals surface area contributed by atoms with E-state index in [0.29, 0.717) is 16.7 Å². The van der Waals surface area contributed by atoms with Gasteiger partial charge in [-0.3, -0.25) is 9.97 Å². The monoisotopic (exact) mass is 306 g/mol. The number of rotatable bonds is 3. The third-order valence-electron chi connectivity index (χ3n) is 2.78. The molecule has 0 amide bonds. The molecule has 0 saturated heterocycles. The lowest BCUT2D eigenvalue weighted by Gasteiger charge is -2.12. The molecule has 0 aliphatic rings. The van der Waals surface area contributed by atoms with Gasteiger partial charge in [-0.05, 0) is 43.8 Å². The van der Waals surface area contributed by atoms with Crippen LogP contribution in [0.15, 0.2) is 30.6 Å². The minimum atomic E-state index is 0.526. The van der Waals surface area contributed by atoms with Crippen LogP contribution in [0.1, 0.15) is 17.0 Å². The van der Waals surface area contributed by atoms with Crippen molar-refractivity contribution >= 4 is 34.6 Å². The zero-order chi connectivity index (χ0) is 14.5. The topological polar surface area (TPSA) is 49.8 Å². The molecule has 1 aromatic carbocycles. The van der Waals surface area contributed by atoms with Crippen LogP contribution in [0.3, 0.4) is 0 Å². The van der Waals surface area contributed by atoms with E-state index in [1.807, 2.05) is 32.0 Å². The molecule has 0 bridgehead atoms. The van der Waals surface area contributed by atoms with Crippen LogP contribution >= 0.6 is 23.8 Å². The van der Waals surface area contributed by atoms with Gasteiger partial charge in [-0.2, -0.15) is 0 Å². The third-order valence-corrected chi connectivity index (χ3v) is 3.44. The maximum absolute atomic E-state index is 6.06. The van der Waals surface area contributed by atoms with Crippen molar-refractivity contribution in [3.8, 4) is 0 Å². The first-order chi connectivity index (χ1) is 9.56. The lowest BCUT2D eigenvalue weighted by atomic mass is 10.2. The van der Waals surface area contributed by atoms with E-state index in [4.69, 9.17) is 23.8 Å². The van der Waals surface area contributed by atoms with Crippen LogP contribution in [0, 0.1) is 13.8 Å². The van der Waals surface area contributed by atoms with Crippen LogP contribution in [0.4, 0.5) is 5.69 Å². The molecule has 0 saturated carbocycles. The van der Waals surface area contributed by atoms with E-state index in [1.165, 1.54) is 0 Å².